The van der Waals surface area contributed by atoms with Crippen LogP contribution in [0, 0.1) is 0 Å². The minimum atomic E-state index is -0.118. The zero-order chi connectivity index (χ0) is 14.1. The van der Waals surface area contributed by atoms with E-state index in [0.29, 0.717) is 18.3 Å². The average Bonchev–Trinajstić information content (AvgIpc) is 2.95. The van der Waals surface area contributed by atoms with Crippen molar-refractivity contribution in [3.05, 3.63) is 38.5 Å². The summed E-state index contributed by atoms with van der Waals surface area (Å²) < 4.78 is 0. The standard InChI is InChI=1S/C14H17N3OS2/c1-9(15)13-16-12(8-20-13)14(18)17(11-2-3-11)6-10-4-5-19-7-10/h4-5,7-9,11H,2-3,6,15H2,1H3. The number of hydrogen-bond acceptors (Lipinski definition) is 5. The van der Waals surface area contributed by atoms with E-state index in [1.54, 1.807) is 11.3 Å². The van der Waals surface area contributed by atoms with Crippen LogP contribution >= 0.6 is 22.7 Å². The molecule has 1 amide bonds. The van der Waals surface area contributed by atoms with E-state index < -0.39 is 0 Å². The van der Waals surface area contributed by atoms with Gasteiger partial charge in [-0.2, -0.15) is 11.3 Å². The van der Waals surface area contributed by atoms with E-state index in [0.717, 1.165) is 17.8 Å². The Morgan fingerprint density at radius 2 is 2.35 bits per heavy atom. The number of nitrogens with zero attached hydrogens (tertiary/aromatic N) is 2. The van der Waals surface area contributed by atoms with E-state index in [-0.39, 0.29) is 11.9 Å². The highest BCUT2D eigenvalue weighted by molar-refractivity contribution is 7.10. The van der Waals surface area contributed by atoms with Crippen LogP contribution in [0.25, 0.3) is 0 Å². The molecule has 0 aromatic carbocycles. The molecule has 2 aromatic heterocycles. The molecule has 0 radical (unpaired) electrons. The normalized spacial score (nSPS) is 16.1. The first-order chi connectivity index (χ1) is 9.65. The van der Waals surface area contributed by atoms with E-state index in [4.69, 9.17) is 5.73 Å². The molecule has 0 bridgehead atoms. The molecule has 0 spiro atoms. The zero-order valence-corrected chi connectivity index (χ0v) is 12.9. The van der Waals surface area contributed by atoms with Gasteiger partial charge in [0.15, 0.2) is 0 Å². The minimum Gasteiger partial charge on any atom is -0.330 e. The van der Waals surface area contributed by atoms with Crippen molar-refractivity contribution in [2.75, 3.05) is 0 Å². The number of carbonyl (C=O) groups is 1. The topological polar surface area (TPSA) is 59.2 Å². The van der Waals surface area contributed by atoms with Crippen molar-refractivity contribution in [3.63, 3.8) is 0 Å². The predicted molar refractivity (Wildman–Crippen MR) is 81.9 cm³/mol. The average molecular weight is 307 g/mol. The molecule has 1 fully saturated rings. The summed E-state index contributed by atoms with van der Waals surface area (Å²) in [4.78, 5) is 18.9. The Kier molecular flexibility index (Phi) is 3.87. The number of thiophene rings is 1. The Balaban J connectivity index is 1.78. The van der Waals surface area contributed by atoms with Gasteiger partial charge in [-0.1, -0.05) is 0 Å². The van der Waals surface area contributed by atoms with Gasteiger partial charge in [0.2, 0.25) is 0 Å². The van der Waals surface area contributed by atoms with E-state index >= 15 is 0 Å². The molecule has 1 aliphatic rings. The third-order valence-electron chi connectivity index (χ3n) is 3.31. The monoisotopic (exact) mass is 307 g/mol. The second-order valence-corrected chi connectivity index (χ2v) is 6.83. The number of hydrogen-bond donors (Lipinski definition) is 1. The fourth-order valence-electron chi connectivity index (χ4n) is 2.07. The smallest absolute Gasteiger partial charge is 0.273 e. The van der Waals surface area contributed by atoms with Crippen LogP contribution in [-0.2, 0) is 6.54 Å². The van der Waals surface area contributed by atoms with Gasteiger partial charge in [0.05, 0.1) is 6.04 Å². The maximum atomic E-state index is 12.6. The fourth-order valence-corrected chi connectivity index (χ4v) is 3.49. The van der Waals surface area contributed by atoms with Gasteiger partial charge in [-0.15, -0.1) is 11.3 Å². The zero-order valence-electron chi connectivity index (χ0n) is 11.3. The molecule has 20 heavy (non-hydrogen) atoms. The highest BCUT2D eigenvalue weighted by Gasteiger charge is 2.34. The Bertz CT molecular complexity index is 587. The molecule has 1 aliphatic carbocycles. The number of thiazole rings is 1. The minimum absolute atomic E-state index is 0.0295. The summed E-state index contributed by atoms with van der Waals surface area (Å²) in [6.07, 6.45) is 2.19. The van der Waals surface area contributed by atoms with Gasteiger partial charge in [0.1, 0.15) is 10.7 Å². The van der Waals surface area contributed by atoms with Gasteiger partial charge < -0.3 is 10.6 Å². The molecule has 2 heterocycles. The van der Waals surface area contributed by atoms with Crippen LogP contribution in [0.2, 0.25) is 0 Å². The highest BCUT2D eigenvalue weighted by Crippen LogP contribution is 2.30. The number of carbonyl (C=O) groups excluding carboxylic acids is 1. The molecule has 2 aromatic rings. The SMILES string of the molecule is CC(N)c1nc(C(=O)N(Cc2ccsc2)C2CC2)cs1. The van der Waals surface area contributed by atoms with Crippen LogP contribution in [0.3, 0.4) is 0 Å². The lowest BCUT2D eigenvalue weighted by molar-refractivity contribution is 0.0724. The summed E-state index contributed by atoms with van der Waals surface area (Å²) in [5.41, 5.74) is 7.53. The van der Waals surface area contributed by atoms with Crippen LogP contribution in [0.15, 0.2) is 22.2 Å². The molecule has 6 heteroatoms. The molecule has 3 rings (SSSR count). The summed E-state index contributed by atoms with van der Waals surface area (Å²) in [6.45, 7) is 2.56. The van der Waals surface area contributed by atoms with Crippen molar-refractivity contribution < 1.29 is 4.79 Å². The molecular weight excluding hydrogens is 290 g/mol. The second-order valence-electron chi connectivity index (χ2n) is 5.16. The van der Waals surface area contributed by atoms with Gasteiger partial charge in [-0.25, -0.2) is 4.98 Å². The summed E-state index contributed by atoms with van der Waals surface area (Å²) >= 11 is 3.12. The van der Waals surface area contributed by atoms with E-state index in [9.17, 15) is 4.79 Å². The Hall–Kier alpha value is -1.24. The lowest BCUT2D eigenvalue weighted by Crippen LogP contribution is -2.32. The van der Waals surface area contributed by atoms with Gasteiger partial charge in [0, 0.05) is 18.0 Å². The number of aromatic nitrogens is 1. The third kappa shape index (κ3) is 2.92. The molecule has 1 saturated carbocycles. The van der Waals surface area contributed by atoms with Crippen LogP contribution in [0.4, 0.5) is 0 Å². The molecule has 0 aliphatic heterocycles. The van der Waals surface area contributed by atoms with E-state index in [1.807, 2.05) is 22.6 Å². The Labute approximate surface area is 126 Å². The van der Waals surface area contributed by atoms with Crippen molar-refractivity contribution in [1.82, 2.24) is 9.88 Å². The first-order valence-electron chi connectivity index (χ1n) is 6.68. The summed E-state index contributed by atoms with van der Waals surface area (Å²) in [7, 11) is 0. The van der Waals surface area contributed by atoms with E-state index in [2.05, 4.69) is 16.4 Å². The summed E-state index contributed by atoms with van der Waals surface area (Å²) in [5, 5.41) is 6.78. The first kappa shape index (κ1) is 13.7. The van der Waals surface area contributed by atoms with Crippen LogP contribution < -0.4 is 5.73 Å². The molecule has 4 nitrogen and oxygen atoms in total. The molecule has 2 N–H and O–H groups in total. The van der Waals surface area contributed by atoms with Crippen LogP contribution in [-0.4, -0.2) is 21.8 Å². The lowest BCUT2D eigenvalue weighted by Gasteiger charge is -2.20. The van der Waals surface area contributed by atoms with Crippen molar-refractivity contribution in [2.45, 2.75) is 38.4 Å². The van der Waals surface area contributed by atoms with Crippen molar-refractivity contribution in [3.8, 4) is 0 Å². The van der Waals surface area contributed by atoms with Crippen molar-refractivity contribution >= 4 is 28.6 Å². The Morgan fingerprint density at radius 3 is 2.90 bits per heavy atom. The van der Waals surface area contributed by atoms with Gasteiger partial charge in [0.25, 0.3) is 5.91 Å². The molecule has 1 atom stereocenters. The van der Waals surface area contributed by atoms with Crippen molar-refractivity contribution in [2.24, 2.45) is 5.73 Å². The number of amides is 1. The van der Waals surface area contributed by atoms with Crippen LogP contribution in [0.1, 0.15) is 46.9 Å². The van der Waals surface area contributed by atoms with Crippen LogP contribution in [0.5, 0.6) is 0 Å². The van der Waals surface area contributed by atoms with Gasteiger partial charge in [-0.3, -0.25) is 4.79 Å². The van der Waals surface area contributed by atoms with Crippen molar-refractivity contribution in [1.29, 1.82) is 0 Å². The number of nitrogens with two attached hydrogens (primary N) is 1. The Morgan fingerprint density at radius 1 is 1.55 bits per heavy atom. The lowest BCUT2D eigenvalue weighted by atomic mass is 10.3. The highest BCUT2D eigenvalue weighted by atomic mass is 32.1. The molecule has 0 saturated heterocycles. The summed E-state index contributed by atoms with van der Waals surface area (Å²) in [6, 6.07) is 2.33. The maximum absolute atomic E-state index is 12.6. The number of rotatable bonds is 5. The van der Waals surface area contributed by atoms with Gasteiger partial charge in [-0.05, 0) is 42.2 Å². The molecular formula is C14H17N3OS2. The molecule has 106 valence electrons. The summed E-state index contributed by atoms with van der Waals surface area (Å²) in [5.74, 6) is 0.0295. The van der Waals surface area contributed by atoms with Gasteiger partial charge >= 0.3 is 0 Å². The second kappa shape index (κ2) is 5.63. The fraction of sp³-hybridized carbons (Fsp3) is 0.429. The maximum Gasteiger partial charge on any atom is 0.273 e. The largest absolute Gasteiger partial charge is 0.330 e. The quantitative estimate of drug-likeness (QED) is 0.923. The predicted octanol–water partition coefficient (Wildman–Crippen LogP) is 3.03. The first-order valence-corrected chi connectivity index (χ1v) is 8.50. The third-order valence-corrected chi connectivity index (χ3v) is 5.09. The molecule has 1 unspecified atom stereocenters. The van der Waals surface area contributed by atoms with E-state index in [1.165, 1.54) is 16.9 Å².